The molecule has 32 heavy (non-hydrogen) atoms. The largest absolute Gasteiger partial charge is 0.393 e. The highest BCUT2D eigenvalue weighted by Crippen LogP contribution is 2.23. The maximum Gasteiger partial charge on any atom is 0.293 e. The van der Waals surface area contributed by atoms with E-state index in [9.17, 15) is 14.3 Å². The van der Waals surface area contributed by atoms with Crippen LogP contribution in [0.1, 0.15) is 39.0 Å². The van der Waals surface area contributed by atoms with Crippen molar-refractivity contribution < 1.29 is 14.2 Å². The molecule has 0 unspecified atom stereocenters. The van der Waals surface area contributed by atoms with Crippen molar-refractivity contribution in [2.24, 2.45) is 0 Å². The molecule has 0 saturated heterocycles. The summed E-state index contributed by atoms with van der Waals surface area (Å²) in [6, 6.07) is 4.82. The molecule has 0 spiro atoms. The van der Waals surface area contributed by atoms with Crippen LogP contribution in [0.2, 0.25) is 0 Å². The average Bonchev–Trinajstić information content (AvgIpc) is 2.80. The Morgan fingerprint density at radius 2 is 2.03 bits per heavy atom. The second-order valence-corrected chi connectivity index (χ2v) is 8.10. The zero-order chi connectivity index (χ0) is 22.5. The number of hydrogen-bond acceptors (Lipinski definition) is 7. The highest BCUT2D eigenvalue weighted by atomic mass is 19.1. The van der Waals surface area contributed by atoms with E-state index in [-0.39, 0.29) is 23.5 Å². The Bertz CT molecular complexity index is 1130. The van der Waals surface area contributed by atoms with E-state index in [1.54, 1.807) is 22.9 Å². The summed E-state index contributed by atoms with van der Waals surface area (Å²) in [7, 11) is 0. The third-order valence-electron chi connectivity index (χ3n) is 5.70. The maximum atomic E-state index is 13.6. The fourth-order valence-corrected chi connectivity index (χ4v) is 4.00. The Kier molecular flexibility index (Phi) is 7.06. The minimum Gasteiger partial charge on any atom is -0.393 e. The predicted molar refractivity (Wildman–Crippen MR) is 120 cm³/mol. The smallest absolute Gasteiger partial charge is 0.293 e. The van der Waals surface area contributed by atoms with Crippen LogP contribution in [-0.4, -0.2) is 50.0 Å². The normalized spacial score (nSPS) is 18.7. The number of pyridine rings is 2. The van der Waals surface area contributed by atoms with Crippen LogP contribution in [0.4, 0.5) is 10.2 Å². The molecule has 0 bridgehead atoms. The molecule has 0 radical (unpaired) electrons. The van der Waals surface area contributed by atoms with Crippen LogP contribution in [0.3, 0.4) is 0 Å². The van der Waals surface area contributed by atoms with Gasteiger partial charge in [0, 0.05) is 37.0 Å². The summed E-state index contributed by atoms with van der Waals surface area (Å²) in [5.41, 5.74) is 2.05. The summed E-state index contributed by atoms with van der Waals surface area (Å²) in [4.78, 5) is 25.9. The SMILES string of the molecule is CCCOCCn1c(=O)c(NC2CCC(O)CC2)nc2cnc(-c3ccnc(F)c3)cc21. The third kappa shape index (κ3) is 5.11. The number of nitrogens with one attached hydrogen (secondary N) is 1. The highest BCUT2D eigenvalue weighted by molar-refractivity contribution is 5.80. The van der Waals surface area contributed by atoms with Crippen molar-refractivity contribution in [3.63, 3.8) is 0 Å². The van der Waals surface area contributed by atoms with Gasteiger partial charge in [0.1, 0.15) is 5.52 Å². The second-order valence-electron chi connectivity index (χ2n) is 8.10. The number of rotatable bonds is 8. The molecular weight excluding hydrogens is 413 g/mol. The molecule has 1 saturated carbocycles. The number of aromatic nitrogens is 4. The first-order valence-corrected chi connectivity index (χ1v) is 11.1. The molecule has 0 atom stereocenters. The van der Waals surface area contributed by atoms with Crippen molar-refractivity contribution in [2.75, 3.05) is 18.5 Å². The number of halogens is 1. The topological polar surface area (TPSA) is 102 Å². The number of anilines is 1. The molecule has 4 rings (SSSR count). The van der Waals surface area contributed by atoms with Crippen molar-refractivity contribution >= 4 is 16.9 Å². The van der Waals surface area contributed by atoms with Crippen LogP contribution in [0, 0.1) is 5.95 Å². The van der Waals surface area contributed by atoms with Gasteiger partial charge in [0.05, 0.1) is 30.1 Å². The highest BCUT2D eigenvalue weighted by Gasteiger charge is 2.21. The van der Waals surface area contributed by atoms with Gasteiger partial charge in [-0.05, 0) is 44.2 Å². The van der Waals surface area contributed by atoms with E-state index in [1.807, 2.05) is 6.92 Å². The lowest BCUT2D eigenvalue weighted by Gasteiger charge is -2.26. The summed E-state index contributed by atoms with van der Waals surface area (Å²) in [5, 5.41) is 13.0. The number of hydrogen-bond donors (Lipinski definition) is 2. The van der Waals surface area contributed by atoms with Crippen LogP contribution in [0.15, 0.2) is 35.4 Å². The predicted octanol–water partition coefficient (Wildman–Crippen LogP) is 3.13. The summed E-state index contributed by atoms with van der Waals surface area (Å²) in [6.07, 6.45) is 6.58. The van der Waals surface area contributed by atoms with E-state index in [2.05, 4.69) is 20.3 Å². The monoisotopic (exact) mass is 441 g/mol. The summed E-state index contributed by atoms with van der Waals surface area (Å²) >= 11 is 0. The molecule has 0 amide bonds. The van der Waals surface area contributed by atoms with Crippen molar-refractivity contribution in [3.05, 3.63) is 46.9 Å². The molecule has 9 heteroatoms. The van der Waals surface area contributed by atoms with E-state index in [0.29, 0.717) is 54.9 Å². The Morgan fingerprint density at radius 3 is 2.78 bits per heavy atom. The Labute approximate surface area is 185 Å². The van der Waals surface area contributed by atoms with Crippen LogP contribution in [0.25, 0.3) is 22.3 Å². The average molecular weight is 442 g/mol. The molecular formula is C23H28FN5O3. The molecule has 0 aromatic carbocycles. The van der Waals surface area contributed by atoms with E-state index < -0.39 is 5.95 Å². The fraction of sp³-hybridized carbons (Fsp3) is 0.478. The summed E-state index contributed by atoms with van der Waals surface area (Å²) in [5.74, 6) is -0.316. The van der Waals surface area contributed by atoms with E-state index in [1.165, 1.54) is 12.3 Å². The molecule has 170 valence electrons. The number of fused-ring (bicyclic) bond motifs is 1. The van der Waals surface area contributed by atoms with Crippen molar-refractivity contribution in [2.45, 2.75) is 57.7 Å². The lowest BCUT2D eigenvalue weighted by Crippen LogP contribution is -2.33. The molecule has 1 fully saturated rings. The zero-order valence-corrected chi connectivity index (χ0v) is 18.1. The molecule has 3 aromatic rings. The third-order valence-corrected chi connectivity index (χ3v) is 5.70. The van der Waals surface area contributed by atoms with Gasteiger partial charge in [-0.1, -0.05) is 6.92 Å². The fourth-order valence-electron chi connectivity index (χ4n) is 4.00. The number of ether oxygens (including phenoxy) is 1. The Morgan fingerprint density at radius 1 is 1.22 bits per heavy atom. The van der Waals surface area contributed by atoms with Crippen molar-refractivity contribution in [1.82, 2.24) is 19.5 Å². The first-order chi connectivity index (χ1) is 15.5. The minimum atomic E-state index is -0.593. The quantitative estimate of drug-likeness (QED) is 0.409. The number of aliphatic hydroxyl groups excluding tert-OH is 1. The van der Waals surface area contributed by atoms with E-state index in [0.717, 1.165) is 19.3 Å². The number of nitrogens with zero attached hydrogens (tertiary/aromatic N) is 4. The lowest BCUT2D eigenvalue weighted by atomic mass is 9.93. The van der Waals surface area contributed by atoms with Crippen LogP contribution < -0.4 is 10.9 Å². The lowest BCUT2D eigenvalue weighted by molar-refractivity contribution is 0.125. The molecule has 2 N–H and O–H groups in total. The van der Waals surface area contributed by atoms with Gasteiger partial charge in [0.25, 0.3) is 5.56 Å². The summed E-state index contributed by atoms with van der Waals surface area (Å²) in [6.45, 7) is 3.41. The second kappa shape index (κ2) is 10.1. The van der Waals surface area contributed by atoms with Gasteiger partial charge in [-0.15, -0.1) is 0 Å². The molecule has 1 aliphatic carbocycles. The number of aliphatic hydroxyl groups is 1. The van der Waals surface area contributed by atoms with Gasteiger partial charge in [-0.3, -0.25) is 9.78 Å². The minimum absolute atomic E-state index is 0.0906. The van der Waals surface area contributed by atoms with Gasteiger partial charge in [0.2, 0.25) is 5.95 Å². The summed E-state index contributed by atoms with van der Waals surface area (Å²) < 4.78 is 20.9. The van der Waals surface area contributed by atoms with Gasteiger partial charge in [0.15, 0.2) is 5.82 Å². The van der Waals surface area contributed by atoms with E-state index >= 15 is 0 Å². The standard InChI is InChI=1S/C23H28FN5O3/c1-2-10-32-11-9-29-20-13-18(15-7-8-25-21(24)12-15)26-14-19(20)28-22(23(29)31)27-16-3-5-17(30)6-4-16/h7-8,12-14,16-17,30H,2-6,9-11H2,1H3,(H,27,28). The van der Waals surface area contributed by atoms with Crippen LogP contribution >= 0.6 is 0 Å². The molecule has 3 aromatic heterocycles. The van der Waals surface area contributed by atoms with Crippen LogP contribution in [-0.2, 0) is 11.3 Å². The first kappa shape index (κ1) is 22.3. The molecule has 0 aliphatic heterocycles. The Balaban J connectivity index is 1.71. The molecule has 1 aliphatic rings. The Hall–Kier alpha value is -2.91. The van der Waals surface area contributed by atoms with Gasteiger partial charge >= 0.3 is 0 Å². The van der Waals surface area contributed by atoms with Gasteiger partial charge in [-0.2, -0.15) is 4.39 Å². The zero-order valence-electron chi connectivity index (χ0n) is 18.1. The maximum absolute atomic E-state index is 13.6. The first-order valence-electron chi connectivity index (χ1n) is 11.1. The molecule has 3 heterocycles. The van der Waals surface area contributed by atoms with Crippen molar-refractivity contribution in [1.29, 1.82) is 0 Å². The van der Waals surface area contributed by atoms with E-state index in [4.69, 9.17) is 4.74 Å². The van der Waals surface area contributed by atoms with Crippen LogP contribution in [0.5, 0.6) is 0 Å². The van der Waals surface area contributed by atoms with Gasteiger partial charge in [-0.25, -0.2) is 9.97 Å². The van der Waals surface area contributed by atoms with Crippen molar-refractivity contribution in [3.8, 4) is 11.3 Å². The van der Waals surface area contributed by atoms with Gasteiger partial charge < -0.3 is 19.7 Å². The molecule has 8 nitrogen and oxygen atoms in total.